The van der Waals surface area contributed by atoms with Gasteiger partial charge in [-0.15, -0.1) is 0 Å². The molecule has 0 aliphatic carbocycles. The molecule has 0 unspecified atom stereocenters. The first-order chi connectivity index (χ1) is 20.4. The Morgan fingerprint density at radius 3 is 2.64 bits per heavy atom. The fourth-order valence-electron chi connectivity index (χ4n) is 5.23. The average Bonchev–Trinajstić information content (AvgIpc) is 3.43. The number of aryl methyl sites for hydroxylation is 2. The van der Waals surface area contributed by atoms with Crippen LogP contribution >= 0.6 is 0 Å². The summed E-state index contributed by atoms with van der Waals surface area (Å²) in [7, 11) is 1.82. The van der Waals surface area contributed by atoms with Crippen LogP contribution in [-0.4, -0.2) is 25.4 Å². The molecule has 0 saturated heterocycles. The zero-order chi connectivity index (χ0) is 29.4. The third kappa shape index (κ3) is 4.79. The molecule has 0 fully saturated rings. The summed E-state index contributed by atoms with van der Waals surface area (Å²) in [6.45, 7) is 3.79. The number of amides is 1. The molecule has 210 valence electrons. The SMILES string of the molecule is CCCc1ccc2c(c1)c(=O)c(C(=O)Nc1ccc(Oc3ncnc4[nH]cc(-c5ccccc5)c34)c(F)c1)c(C)n2C. The van der Waals surface area contributed by atoms with E-state index >= 15 is 4.39 Å². The molecular weight excluding hydrogens is 533 g/mol. The van der Waals surface area contributed by atoms with Crippen molar-refractivity contribution in [2.75, 3.05) is 5.32 Å². The monoisotopic (exact) mass is 561 g/mol. The van der Waals surface area contributed by atoms with E-state index in [2.05, 4.69) is 27.2 Å². The Morgan fingerprint density at radius 2 is 1.88 bits per heavy atom. The number of halogens is 1. The summed E-state index contributed by atoms with van der Waals surface area (Å²) in [5, 5.41) is 3.77. The number of ether oxygens (including phenoxy) is 1. The van der Waals surface area contributed by atoms with Crippen molar-refractivity contribution < 1.29 is 13.9 Å². The number of pyridine rings is 1. The number of aromatic amines is 1. The van der Waals surface area contributed by atoms with E-state index in [0.29, 0.717) is 22.1 Å². The summed E-state index contributed by atoms with van der Waals surface area (Å²) >= 11 is 0. The summed E-state index contributed by atoms with van der Waals surface area (Å²) in [6.07, 6.45) is 4.92. The molecule has 1 amide bonds. The molecule has 8 nitrogen and oxygen atoms in total. The van der Waals surface area contributed by atoms with Gasteiger partial charge in [0.25, 0.3) is 5.91 Å². The van der Waals surface area contributed by atoms with Crippen molar-refractivity contribution in [2.45, 2.75) is 26.7 Å². The minimum Gasteiger partial charge on any atom is -0.435 e. The lowest BCUT2D eigenvalue weighted by atomic mass is 10.0. The molecule has 0 radical (unpaired) electrons. The van der Waals surface area contributed by atoms with Crippen LogP contribution in [0.3, 0.4) is 0 Å². The second kappa shape index (κ2) is 10.9. The van der Waals surface area contributed by atoms with Gasteiger partial charge in [0.05, 0.1) is 10.9 Å². The fraction of sp³-hybridized carbons (Fsp3) is 0.152. The largest absolute Gasteiger partial charge is 0.435 e. The molecule has 3 aromatic carbocycles. The predicted octanol–water partition coefficient (Wildman–Crippen LogP) is 6.92. The topological polar surface area (TPSA) is 102 Å². The van der Waals surface area contributed by atoms with Gasteiger partial charge in [-0.25, -0.2) is 14.4 Å². The molecule has 6 rings (SSSR count). The quantitative estimate of drug-likeness (QED) is 0.220. The van der Waals surface area contributed by atoms with E-state index < -0.39 is 11.7 Å². The van der Waals surface area contributed by atoms with E-state index in [-0.39, 0.29) is 28.3 Å². The smallest absolute Gasteiger partial charge is 0.261 e. The number of fused-ring (bicyclic) bond motifs is 2. The van der Waals surface area contributed by atoms with Gasteiger partial charge in [0.1, 0.15) is 17.5 Å². The van der Waals surface area contributed by atoms with Crippen LogP contribution in [0.25, 0.3) is 33.1 Å². The van der Waals surface area contributed by atoms with E-state index in [0.717, 1.165) is 41.1 Å². The minimum atomic E-state index is -0.705. The van der Waals surface area contributed by atoms with Crippen LogP contribution < -0.4 is 15.5 Å². The number of rotatable bonds is 7. The Bertz CT molecular complexity index is 2030. The lowest BCUT2D eigenvalue weighted by Crippen LogP contribution is -2.26. The first-order valence-electron chi connectivity index (χ1n) is 13.6. The first kappa shape index (κ1) is 26.9. The zero-order valence-electron chi connectivity index (χ0n) is 23.4. The second-order valence-electron chi connectivity index (χ2n) is 10.1. The van der Waals surface area contributed by atoms with Crippen molar-refractivity contribution in [2.24, 2.45) is 7.05 Å². The highest BCUT2D eigenvalue weighted by Gasteiger charge is 2.21. The van der Waals surface area contributed by atoms with Gasteiger partial charge < -0.3 is 19.6 Å². The van der Waals surface area contributed by atoms with Crippen LogP contribution in [-0.2, 0) is 13.5 Å². The Kier molecular flexibility index (Phi) is 7.00. The molecule has 0 saturated carbocycles. The van der Waals surface area contributed by atoms with Crippen LogP contribution in [0.15, 0.2) is 84.0 Å². The fourth-order valence-corrected chi connectivity index (χ4v) is 5.23. The Hall–Kier alpha value is -5.31. The van der Waals surface area contributed by atoms with E-state index in [4.69, 9.17) is 4.74 Å². The molecule has 0 aliphatic heterocycles. The van der Waals surface area contributed by atoms with Crippen LogP contribution in [0.5, 0.6) is 11.6 Å². The Morgan fingerprint density at radius 1 is 1.07 bits per heavy atom. The molecular formula is C33H28FN5O3. The molecule has 3 heterocycles. The summed E-state index contributed by atoms with van der Waals surface area (Å²) in [5.74, 6) is -1.20. The Labute approximate surface area is 240 Å². The van der Waals surface area contributed by atoms with Crippen LogP contribution in [0, 0.1) is 12.7 Å². The lowest BCUT2D eigenvalue weighted by molar-refractivity contribution is 0.102. The third-order valence-electron chi connectivity index (χ3n) is 7.44. The van der Waals surface area contributed by atoms with E-state index in [1.807, 2.05) is 60.1 Å². The van der Waals surface area contributed by atoms with E-state index in [1.165, 1.54) is 18.5 Å². The number of hydrogen-bond donors (Lipinski definition) is 2. The lowest BCUT2D eigenvalue weighted by Gasteiger charge is -2.15. The highest BCUT2D eigenvalue weighted by atomic mass is 19.1. The number of hydrogen-bond acceptors (Lipinski definition) is 5. The van der Waals surface area contributed by atoms with Crippen LogP contribution in [0.4, 0.5) is 10.1 Å². The summed E-state index contributed by atoms with van der Waals surface area (Å²) < 4.78 is 23.0. The number of anilines is 1. The summed E-state index contributed by atoms with van der Waals surface area (Å²) in [6, 6.07) is 19.5. The molecule has 2 N–H and O–H groups in total. The molecule has 9 heteroatoms. The van der Waals surface area contributed by atoms with Gasteiger partial charge in [-0.2, -0.15) is 0 Å². The molecule has 0 aliphatic rings. The maximum absolute atomic E-state index is 15.3. The van der Waals surface area contributed by atoms with Gasteiger partial charge in [-0.1, -0.05) is 49.7 Å². The number of benzene rings is 3. The highest BCUT2D eigenvalue weighted by Crippen LogP contribution is 2.36. The normalized spacial score (nSPS) is 11.2. The van der Waals surface area contributed by atoms with Gasteiger partial charge in [0.2, 0.25) is 11.3 Å². The second-order valence-corrected chi connectivity index (χ2v) is 10.1. The molecule has 0 spiro atoms. The number of aromatic nitrogens is 4. The summed E-state index contributed by atoms with van der Waals surface area (Å²) in [5.41, 5.74) is 4.45. The molecule has 3 aromatic heterocycles. The van der Waals surface area contributed by atoms with Gasteiger partial charge in [-0.05, 0) is 48.7 Å². The molecule has 0 atom stereocenters. The first-order valence-corrected chi connectivity index (χ1v) is 13.6. The van der Waals surface area contributed by atoms with E-state index in [1.54, 1.807) is 13.1 Å². The van der Waals surface area contributed by atoms with Gasteiger partial charge >= 0.3 is 0 Å². The zero-order valence-corrected chi connectivity index (χ0v) is 23.4. The van der Waals surface area contributed by atoms with Gasteiger partial charge in [0, 0.05) is 41.6 Å². The summed E-state index contributed by atoms with van der Waals surface area (Å²) in [4.78, 5) is 38.4. The Balaban J connectivity index is 1.30. The predicted molar refractivity (Wildman–Crippen MR) is 162 cm³/mol. The van der Waals surface area contributed by atoms with Crippen molar-refractivity contribution in [1.29, 1.82) is 0 Å². The van der Waals surface area contributed by atoms with Crippen molar-refractivity contribution in [3.05, 3.63) is 112 Å². The number of carbonyl (C=O) groups is 1. The van der Waals surface area contributed by atoms with Gasteiger partial charge in [-0.3, -0.25) is 9.59 Å². The molecule has 6 aromatic rings. The maximum atomic E-state index is 15.3. The number of H-pyrrole nitrogens is 1. The van der Waals surface area contributed by atoms with Crippen molar-refractivity contribution in [3.63, 3.8) is 0 Å². The third-order valence-corrected chi connectivity index (χ3v) is 7.44. The van der Waals surface area contributed by atoms with Crippen molar-refractivity contribution >= 4 is 33.5 Å². The highest BCUT2D eigenvalue weighted by molar-refractivity contribution is 6.07. The number of nitrogens with zero attached hydrogens (tertiary/aromatic N) is 3. The van der Waals surface area contributed by atoms with Crippen molar-refractivity contribution in [3.8, 4) is 22.8 Å². The standard InChI is InChI=1S/C33H28FN5O3/c1-4-8-20-11-13-26-23(15-20)30(40)28(19(2)39(26)3)32(41)38-22-12-14-27(25(34)16-22)42-33-29-24(21-9-6-5-7-10-21)17-35-31(29)36-18-37-33/h5-7,9-18H,4,8H2,1-3H3,(H,38,41)(H,35,36,37). The molecule has 0 bridgehead atoms. The van der Waals surface area contributed by atoms with Crippen LogP contribution in [0.1, 0.15) is 35.0 Å². The van der Waals surface area contributed by atoms with Gasteiger partial charge in [0.15, 0.2) is 11.6 Å². The number of nitrogens with one attached hydrogen (secondary N) is 2. The maximum Gasteiger partial charge on any atom is 0.261 e. The average molecular weight is 562 g/mol. The van der Waals surface area contributed by atoms with Crippen molar-refractivity contribution in [1.82, 2.24) is 19.5 Å². The minimum absolute atomic E-state index is 0.0173. The number of carbonyl (C=O) groups excluding carboxylic acids is 1. The van der Waals surface area contributed by atoms with E-state index in [9.17, 15) is 9.59 Å². The molecule has 42 heavy (non-hydrogen) atoms. The van der Waals surface area contributed by atoms with Crippen LogP contribution in [0.2, 0.25) is 0 Å².